The second-order valence-corrected chi connectivity index (χ2v) is 6.42. The van der Waals surface area contributed by atoms with E-state index in [4.69, 9.17) is 10.5 Å². The lowest BCUT2D eigenvalue weighted by molar-refractivity contribution is -0.384. The molecule has 3 rings (SSSR count). The zero-order valence-electron chi connectivity index (χ0n) is 16.1. The lowest BCUT2D eigenvalue weighted by Gasteiger charge is -2.11. The molecule has 1 amide bonds. The maximum absolute atomic E-state index is 11.9. The van der Waals surface area contributed by atoms with Gasteiger partial charge in [-0.2, -0.15) is 0 Å². The van der Waals surface area contributed by atoms with Gasteiger partial charge in [0, 0.05) is 18.1 Å². The van der Waals surface area contributed by atoms with Gasteiger partial charge in [-0.15, -0.1) is 10.2 Å². The van der Waals surface area contributed by atoms with Gasteiger partial charge >= 0.3 is 5.97 Å². The van der Waals surface area contributed by atoms with Crippen molar-refractivity contribution in [1.29, 1.82) is 0 Å². The van der Waals surface area contributed by atoms with E-state index in [0.717, 1.165) is 0 Å². The number of primary amides is 1. The number of aromatic nitrogens is 2. The van der Waals surface area contributed by atoms with E-state index in [2.05, 4.69) is 10.2 Å². The second kappa shape index (κ2) is 8.91. The molecule has 152 valence electrons. The Hall–Kier alpha value is -4.14. The number of rotatable bonds is 7. The van der Waals surface area contributed by atoms with E-state index in [9.17, 15) is 19.7 Å². The Labute approximate surface area is 171 Å². The standard InChI is InChI=1S/C21H18N4O5/c1-30-21(27)15-6-4-5-13(11-15)20-14(9-10-19(22)26)12-17(23-24-20)16-7-2-3-8-18(16)25(28)29/h2-8,11-12H,9-10H2,1H3,(H2,22,26). The summed E-state index contributed by atoms with van der Waals surface area (Å²) in [4.78, 5) is 34.1. The molecule has 0 radical (unpaired) electrons. The van der Waals surface area contributed by atoms with Crippen molar-refractivity contribution < 1.29 is 19.2 Å². The van der Waals surface area contributed by atoms with E-state index in [0.29, 0.717) is 33.6 Å². The van der Waals surface area contributed by atoms with Crippen LogP contribution in [0.4, 0.5) is 5.69 Å². The molecule has 0 unspecified atom stereocenters. The minimum absolute atomic E-state index is 0.0612. The summed E-state index contributed by atoms with van der Waals surface area (Å²) in [6, 6.07) is 14.5. The number of benzene rings is 2. The minimum Gasteiger partial charge on any atom is -0.465 e. The maximum atomic E-state index is 11.9. The highest BCUT2D eigenvalue weighted by Gasteiger charge is 2.19. The number of hydrogen-bond acceptors (Lipinski definition) is 7. The number of nitro groups is 1. The van der Waals surface area contributed by atoms with Crippen LogP contribution in [0.1, 0.15) is 22.3 Å². The number of ether oxygens (including phenoxy) is 1. The highest BCUT2D eigenvalue weighted by atomic mass is 16.6. The van der Waals surface area contributed by atoms with Crippen molar-refractivity contribution >= 4 is 17.6 Å². The first-order valence-corrected chi connectivity index (χ1v) is 8.98. The third-order valence-electron chi connectivity index (χ3n) is 4.45. The normalized spacial score (nSPS) is 10.4. The van der Waals surface area contributed by atoms with Gasteiger partial charge in [0.2, 0.25) is 5.91 Å². The minimum atomic E-state index is -0.500. The summed E-state index contributed by atoms with van der Waals surface area (Å²) in [6.45, 7) is 0. The third-order valence-corrected chi connectivity index (χ3v) is 4.45. The number of amides is 1. The van der Waals surface area contributed by atoms with Crippen molar-refractivity contribution in [3.05, 3.63) is 75.8 Å². The molecule has 3 aromatic rings. The molecule has 0 aliphatic heterocycles. The summed E-state index contributed by atoms with van der Waals surface area (Å²) in [7, 11) is 1.29. The van der Waals surface area contributed by atoms with Gasteiger partial charge in [-0.1, -0.05) is 24.3 Å². The van der Waals surface area contributed by atoms with Crippen LogP contribution in [0.25, 0.3) is 22.5 Å². The fourth-order valence-corrected chi connectivity index (χ4v) is 3.01. The van der Waals surface area contributed by atoms with Crippen LogP contribution in [0.15, 0.2) is 54.6 Å². The van der Waals surface area contributed by atoms with Crippen LogP contribution < -0.4 is 5.73 Å². The quantitative estimate of drug-likeness (QED) is 0.361. The average Bonchev–Trinajstić information content (AvgIpc) is 2.77. The number of nitrogens with zero attached hydrogens (tertiary/aromatic N) is 3. The Bertz CT molecular complexity index is 1130. The van der Waals surface area contributed by atoms with Gasteiger partial charge in [0.25, 0.3) is 5.69 Å². The Morgan fingerprint density at radius 1 is 1.10 bits per heavy atom. The van der Waals surface area contributed by atoms with E-state index in [1.807, 2.05) is 0 Å². The van der Waals surface area contributed by atoms with Gasteiger partial charge < -0.3 is 10.5 Å². The lowest BCUT2D eigenvalue weighted by Crippen LogP contribution is -2.12. The van der Waals surface area contributed by atoms with Crippen molar-refractivity contribution in [1.82, 2.24) is 10.2 Å². The van der Waals surface area contributed by atoms with Crippen molar-refractivity contribution in [3.8, 4) is 22.5 Å². The number of para-hydroxylation sites is 1. The number of hydrogen-bond donors (Lipinski definition) is 1. The molecule has 9 nitrogen and oxygen atoms in total. The molecule has 0 aliphatic rings. The topological polar surface area (TPSA) is 138 Å². The Morgan fingerprint density at radius 3 is 2.57 bits per heavy atom. The van der Waals surface area contributed by atoms with E-state index < -0.39 is 16.8 Å². The number of nitrogens with two attached hydrogens (primary N) is 1. The number of nitro benzene ring substituents is 1. The van der Waals surface area contributed by atoms with Crippen LogP contribution in [0, 0.1) is 10.1 Å². The lowest BCUT2D eigenvalue weighted by atomic mass is 9.98. The molecule has 1 heterocycles. The Kier molecular flexibility index (Phi) is 6.11. The SMILES string of the molecule is COC(=O)c1cccc(-c2nnc(-c3ccccc3[N+](=O)[O-])cc2CCC(N)=O)c1. The second-order valence-electron chi connectivity index (χ2n) is 6.42. The zero-order chi connectivity index (χ0) is 21.7. The molecule has 0 spiro atoms. The van der Waals surface area contributed by atoms with Crippen molar-refractivity contribution in [2.75, 3.05) is 7.11 Å². The molecule has 0 saturated heterocycles. The Balaban J connectivity index is 2.12. The van der Waals surface area contributed by atoms with E-state index >= 15 is 0 Å². The van der Waals surface area contributed by atoms with Gasteiger partial charge in [0.1, 0.15) is 5.69 Å². The van der Waals surface area contributed by atoms with Gasteiger partial charge in [0.05, 0.1) is 28.9 Å². The largest absolute Gasteiger partial charge is 0.465 e. The predicted molar refractivity (Wildman–Crippen MR) is 108 cm³/mol. The molecule has 0 saturated carbocycles. The summed E-state index contributed by atoms with van der Waals surface area (Å²) in [5.41, 5.74) is 7.81. The van der Waals surface area contributed by atoms with Gasteiger partial charge in [0.15, 0.2) is 0 Å². The smallest absolute Gasteiger partial charge is 0.337 e. The van der Waals surface area contributed by atoms with Crippen molar-refractivity contribution in [2.45, 2.75) is 12.8 Å². The van der Waals surface area contributed by atoms with Crippen LogP contribution in [0.2, 0.25) is 0 Å². The fourth-order valence-electron chi connectivity index (χ4n) is 3.01. The van der Waals surface area contributed by atoms with E-state index in [-0.39, 0.29) is 18.5 Å². The van der Waals surface area contributed by atoms with Gasteiger partial charge in [-0.05, 0) is 36.2 Å². The molecule has 2 aromatic carbocycles. The molecule has 0 aliphatic carbocycles. The Morgan fingerprint density at radius 2 is 1.87 bits per heavy atom. The highest BCUT2D eigenvalue weighted by Crippen LogP contribution is 2.31. The summed E-state index contributed by atoms with van der Waals surface area (Å²) in [6.07, 6.45) is 0.321. The molecule has 2 N–H and O–H groups in total. The van der Waals surface area contributed by atoms with Crippen LogP contribution in [-0.2, 0) is 16.0 Å². The summed E-state index contributed by atoms with van der Waals surface area (Å²) in [5, 5.41) is 19.8. The predicted octanol–water partition coefficient (Wildman–Crippen LogP) is 2.92. The molecule has 30 heavy (non-hydrogen) atoms. The van der Waals surface area contributed by atoms with E-state index in [1.165, 1.54) is 13.2 Å². The molecular formula is C21H18N4O5. The van der Waals surface area contributed by atoms with Crippen LogP contribution >= 0.6 is 0 Å². The molecular weight excluding hydrogens is 388 g/mol. The molecule has 0 fully saturated rings. The number of esters is 1. The molecule has 0 bridgehead atoms. The van der Waals surface area contributed by atoms with Gasteiger partial charge in [-0.25, -0.2) is 4.79 Å². The maximum Gasteiger partial charge on any atom is 0.337 e. The highest BCUT2D eigenvalue weighted by molar-refractivity contribution is 5.91. The monoisotopic (exact) mass is 406 g/mol. The molecule has 9 heteroatoms. The van der Waals surface area contributed by atoms with E-state index in [1.54, 1.807) is 48.5 Å². The molecule has 1 aromatic heterocycles. The summed E-state index contributed by atoms with van der Waals surface area (Å²) in [5.74, 6) is -0.992. The average molecular weight is 406 g/mol. The number of methoxy groups -OCH3 is 1. The number of carbonyl (C=O) groups excluding carboxylic acids is 2. The summed E-state index contributed by atoms with van der Waals surface area (Å²) < 4.78 is 4.75. The number of aryl methyl sites for hydroxylation is 1. The zero-order valence-corrected chi connectivity index (χ0v) is 16.1. The first kappa shape index (κ1) is 20.6. The fraction of sp³-hybridized carbons (Fsp3) is 0.143. The third kappa shape index (κ3) is 4.46. The van der Waals surface area contributed by atoms with Gasteiger partial charge in [-0.3, -0.25) is 14.9 Å². The molecule has 0 atom stereocenters. The summed E-state index contributed by atoms with van der Waals surface area (Å²) >= 11 is 0. The first-order valence-electron chi connectivity index (χ1n) is 8.98. The van der Waals surface area contributed by atoms with Crippen molar-refractivity contribution in [3.63, 3.8) is 0 Å². The van der Waals surface area contributed by atoms with Crippen molar-refractivity contribution in [2.24, 2.45) is 5.73 Å². The van der Waals surface area contributed by atoms with Crippen LogP contribution in [-0.4, -0.2) is 34.1 Å². The van der Waals surface area contributed by atoms with Crippen LogP contribution in [0.5, 0.6) is 0 Å². The van der Waals surface area contributed by atoms with Crippen LogP contribution in [0.3, 0.4) is 0 Å². The number of carbonyl (C=O) groups is 2. The first-order chi connectivity index (χ1) is 14.4.